The zero-order valence-electron chi connectivity index (χ0n) is 15.6. The van der Waals surface area contributed by atoms with Crippen molar-refractivity contribution in [3.05, 3.63) is 11.8 Å². The zero-order valence-corrected chi connectivity index (χ0v) is 16.4. The number of thiocarbonyl (C=S) groups is 1. The van der Waals surface area contributed by atoms with Gasteiger partial charge < -0.3 is 16.3 Å². The van der Waals surface area contributed by atoms with Crippen molar-refractivity contribution in [3.63, 3.8) is 0 Å². The van der Waals surface area contributed by atoms with Crippen molar-refractivity contribution in [3.8, 4) is 0 Å². The van der Waals surface area contributed by atoms with Gasteiger partial charge in [0.1, 0.15) is 0 Å². The molecule has 0 saturated heterocycles. The molecule has 0 heterocycles. The summed E-state index contributed by atoms with van der Waals surface area (Å²) in [7, 11) is 0. The van der Waals surface area contributed by atoms with E-state index in [0.717, 1.165) is 36.5 Å². The minimum atomic E-state index is -0.0568. The molecule has 5 N–H and O–H groups in total. The molecule has 0 aromatic carbocycles. The Labute approximate surface area is 157 Å². The summed E-state index contributed by atoms with van der Waals surface area (Å²) in [6.07, 6.45) is 11.9. The lowest BCUT2D eigenvalue weighted by atomic mass is 9.45. The maximum absolute atomic E-state index is 10.1. The first kappa shape index (κ1) is 17.6. The van der Waals surface area contributed by atoms with Gasteiger partial charge in [-0.25, -0.2) is 0 Å². The van der Waals surface area contributed by atoms with Crippen LogP contribution in [0.25, 0.3) is 0 Å². The number of allylic oxidation sites excluding steroid dienone is 2. The number of hydrogen-bond acceptors (Lipinski definition) is 3. The fraction of sp³-hybridized carbons (Fsp3) is 0.850. The van der Waals surface area contributed by atoms with E-state index in [0.29, 0.717) is 10.5 Å². The van der Waals surface area contributed by atoms with Gasteiger partial charge in [-0.2, -0.15) is 0 Å². The van der Waals surface area contributed by atoms with Crippen LogP contribution in [0.2, 0.25) is 0 Å². The van der Waals surface area contributed by atoms with E-state index in [1.54, 1.807) is 0 Å². The predicted octanol–water partition coefficient (Wildman–Crippen LogP) is 3.22. The summed E-state index contributed by atoms with van der Waals surface area (Å²) in [5, 5.41) is 10.4. The SMILES string of the molecule is C[C@@]12CC[C@@H](O)C[C@H]1CC[C@H]1[C@H]2CC[C@]2(C)C(NNC(N)=S)=CC[C@@H]12. The normalized spacial score (nSPS) is 48.6. The molecule has 140 valence electrons. The molecule has 0 amide bonds. The van der Waals surface area contributed by atoms with E-state index in [9.17, 15) is 5.11 Å². The van der Waals surface area contributed by atoms with E-state index in [-0.39, 0.29) is 11.5 Å². The van der Waals surface area contributed by atoms with Gasteiger partial charge in [-0.3, -0.25) is 5.43 Å². The monoisotopic (exact) mass is 363 g/mol. The highest BCUT2D eigenvalue weighted by Crippen LogP contribution is 2.65. The van der Waals surface area contributed by atoms with Crippen molar-refractivity contribution in [1.29, 1.82) is 0 Å². The Morgan fingerprint density at radius 2 is 2.00 bits per heavy atom. The second-order valence-corrected chi connectivity index (χ2v) is 9.95. The van der Waals surface area contributed by atoms with Gasteiger partial charge in [0, 0.05) is 11.1 Å². The van der Waals surface area contributed by atoms with Gasteiger partial charge >= 0.3 is 0 Å². The second-order valence-electron chi connectivity index (χ2n) is 9.51. The molecule has 7 atom stereocenters. The molecule has 0 aromatic rings. The van der Waals surface area contributed by atoms with Gasteiger partial charge in [0.15, 0.2) is 5.11 Å². The summed E-state index contributed by atoms with van der Waals surface area (Å²) >= 11 is 4.95. The van der Waals surface area contributed by atoms with Crippen molar-refractivity contribution in [2.45, 2.75) is 71.3 Å². The summed E-state index contributed by atoms with van der Waals surface area (Å²) in [6, 6.07) is 0. The van der Waals surface area contributed by atoms with E-state index in [2.05, 4.69) is 30.8 Å². The van der Waals surface area contributed by atoms with Crippen molar-refractivity contribution in [2.24, 2.45) is 40.2 Å². The Hall–Kier alpha value is -0.810. The molecule has 4 aliphatic rings. The molecule has 0 radical (unpaired) electrons. The Morgan fingerprint density at radius 1 is 1.20 bits per heavy atom. The van der Waals surface area contributed by atoms with E-state index < -0.39 is 0 Å². The van der Waals surface area contributed by atoms with Crippen LogP contribution < -0.4 is 16.6 Å². The van der Waals surface area contributed by atoms with E-state index in [1.807, 2.05) is 0 Å². The Bertz CT molecular complexity index is 593. The number of aliphatic hydroxyl groups is 1. The molecule has 3 saturated carbocycles. The number of rotatable bonds is 2. The van der Waals surface area contributed by atoms with Crippen LogP contribution in [0.3, 0.4) is 0 Å². The molecular formula is C20H33N3OS. The van der Waals surface area contributed by atoms with Gasteiger partial charge in [0.2, 0.25) is 0 Å². The number of nitrogens with two attached hydrogens (primary N) is 1. The molecule has 3 fully saturated rings. The maximum Gasteiger partial charge on any atom is 0.182 e. The van der Waals surface area contributed by atoms with E-state index in [1.165, 1.54) is 44.2 Å². The number of hydrogen-bond donors (Lipinski definition) is 4. The molecule has 4 nitrogen and oxygen atoms in total. The number of nitrogens with one attached hydrogen (secondary N) is 2. The summed E-state index contributed by atoms with van der Waals surface area (Å²) in [6.45, 7) is 4.97. The zero-order chi connectivity index (χ0) is 17.8. The minimum absolute atomic E-state index is 0.0568. The molecule has 0 aliphatic heterocycles. The number of fused-ring (bicyclic) bond motifs is 5. The molecule has 0 aromatic heterocycles. The summed E-state index contributed by atoms with van der Waals surface area (Å²) in [4.78, 5) is 0. The molecule has 4 rings (SSSR count). The third-order valence-electron chi connectivity index (χ3n) is 8.54. The summed E-state index contributed by atoms with van der Waals surface area (Å²) in [5.41, 5.74) is 13.8. The standard InChI is InChI=1S/C20H33N3OS/c1-19-9-7-13(24)11-12(19)3-4-14-15-5-6-17(22-23-18(21)25)20(15,2)10-8-16(14)19/h6,12-16,22,24H,3-5,7-11H2,1-2H3,(H3,21,23,25)/t12-,13-,14-,15+,16-,19-,20+/m1/s1. The quantitative estimate of drug-likeness (QED) is 0.448. The molecule has 4 aliphatic carbocycles. The van der Waals surface area contributed by atoms with Gasteiger partial charge in [-0.1, -0.05) is 19.9 Å². The lowest BCUT2D eigenvalue weighted by Crippen LogP contribution is -2.54. The number of hydrazine groups is 1. The molecule has 5 heteroatoms. The first-order chi connectivity index (χ1) is 11.8. The first-order valence-electron chi connectivity index (χ1n) is 10.0. The van der Waals surface area contributed by atoms with Crippen LogP contribution >= 0.6 is 12.2 Å². The van der Waals surface area contributed by atoms with Crippen LogP contribution in [0.5, 0.6) is 0 Å². The van der Waals surface area contributed by atoms with Crippen molar-refractivity contribution >= 4 is 17.3 Å². The lowest BCUT2D eigenvalue weighted by Gasteiger charge is -2.60. The van der Waals surface area contributed by atoms with Gasteiger partial charge in [0.05, 0.1) is 6.10 Å². The highest BCUT2D eigenvalue weighted by Gasteiger charge is 2.58. The predicted molar refractivity (Wildman–Crippen MR) is 104 cm³/mol. The van der Waals surface area contributed by atoms with Crippen LogP contribution in [0.4, 0.5) is 0 Å². The second kappa shape index (κ2) is 6.12. The fourth-order valence-electron chi connectivity index (χ4n) is 7.13. The van der Waals surface area contributed by atoms with Crippen LogP contribution in [-0.4, -0.2) is 16.3 Å². The van der Waals surface area contributed by atoms with Crippen LogP contribution in [0.15, 0.2) is 11.8 Å². The largest absolute Gasteiger partial charge is 0.393 e. The first-order valence-corrected chi connectivity index (χ1v) is 10.5. The van der Waals surface area contributed by atoms with Gasteiger partial charge in [-0.05, 0) is 92.7 Å². The molecule has 0 unspecified atom stereocenters. The fourth-order valence-corrected chi connectivity index (χ4v) is 7.18. The van der Waals surface area contributed by atoms with Crippen LogP contribution in [0.1, 0.15) is 65.2 Å². The Balaban J connectivity index is 1.54. The van der Waals surface area contributed by atoms with E-state index in [4.69, 9.17) is 18.0 Å². The summed E-state index contributed by atoms with van der Waals surface area (Å²) in [5.74, 6) is 3.10. The van der Waals surface area contributed by atoms with Crippen molar-refractivity contribution < 1.29 is 5.11 Å². The highest BCUT2D eigenvalue weighted by atomic mass is 32.1. The van der Waals surface area contributed by atoms with Gasteiger partial charge in [-0.15, -0.1) is 0 Å². The average Bonchev–Trinajstić information content (AvgIpc) is 2.90. The highest BCUT2D eigenvalue weighted by molar-refractivity contribution is 7.80. The maximum atomic E-state index is 10.1. The topological polar surface area (TPSA) is 70.3 Å². The molecule has 0 bridgehead atoms. The van der Waals surface area contributed by atoms with Crippen molar-refractivity contribution in [2.75, 3.05) is 0 Å². The smallest absolute Gasteiger partial charge is 0.182 e. The third kappa shape index (κ3) is 2.69. The number of aliphatic hydroxyl groups excluding tert-OH is 1. The Morgan fingerprint density at radius 3 is 2.76 bits per heavy atom. The van der Waals surface area contributed by atoms with Crippen molar-refractivity contribution in [1.82, 2.24) is 10.9 Å². The molecule has 25 heavy (non-hydrogen) atoms. The average molecular weight is 364 g/mol. The van der Waals surface area contributed by atoms with E-state index >= 15 is 0 Å². The lowest BCUT2D eigenvalue weighted by molar-refractivity contribution is -0.118. The van der Waals surface area contributed by atoms with Crippen LogP contribution in [0, 0.1) is 34.5 Å². The minimum Gasteiger partial charge on any atom is -0.393 e. The Kier molecular flexibility index (Phi) is 4.31. The molecule has 0 spiro atoms. The molecular weight excluding hydrogens is 330 g/mol. The van der Waals surface area contributed by atoms with Gasteiger partial charge in [0.25, 0.3) is 0 Å². The van der Waals surface area contributed by atoms with Crippen LogP contribution in [-0.2, 0) is 0 Å². The summed E-state index contributed by atoms with van der Waals surface area (Å²) < 4.78 is 0. The third-order valence-corrected chi connectivity index (χ3v) is 8.64.